The molecule has 3 amide bonds. The molecule has 4 aromatic rings. The number of aliphatic hydroxyl groups excluding tert-OH is 1. The molecule has 3 atom stereocenters. The topological polar surface area (TPSA) is 152 Å². The van der Waals surface area contributed by atoms with Crippen LogP contribution < -0.4 is 21.7 Å². The van der Waals surface area contributed by atoms with Crippen molar-refractivity contribution in [1.82, 2.24) is 5.32 Å². The largest absolute Gasteiger partial charge is 0.397 e. The van der Waals surface area contributed by atoms with Crippen LogP contribution in [-0.2, 0) is 37.0 Å². The zero-order chi connectivity index (χ0) is 36.0. The van der Waals surface area contributed by atoms with E-state index in [9.17, 15) is 19.5 Å². The van der Waals surface area contributed by atoms with Crippen molar-refractivity contribution in [2.75, 3.05) is 22.1 Å². The highest BCUT2D eigenvalue weighted by atomic mass is 32.2. The van der Waals surface area contributed by atoms with Gasteiger partial charge in [-0.25, -0.2) is 0 Å². The first kappa shape index (κ1) is 37.6. The first-order valence-corrected chi connectivity index (χ1v) is 18.2. The highest BCUT2D eigenvalue weighted by Gasteiger charge is 2.32. The van der Waals surface area contributed by atoms with E-state index >= 15 is 0 Å². The van der Waals surface area contributed by atoms with Gasteiger partial charge in [0.2, 0.25) is 17.7 Å². The Labute approximate surface area is 303 Å². The predicted molar refractivity (Wildman–Crippen MR) is 201 cm³/mol. The van der Waals surface area contributed by atoms with Gasteiger partial charge in [-0.2, -0.15) is 0 Å². The highest BCUT2D eigenvalue weighted by molar-refractivity contribution is 7.99. The van der Waals surface area contributed by atoms with Crippen molar-refractivity contribution < 1.29 is 29.0 Å². The van der Waals surface area contributed by atoms with Crippen LogP contribution in [0, 0.1) is 0 Å². The van der Waals surface area contributed by atoms with E-state index in [1.165, 1.54) is 6.92 Å². The normalized spacial score (nSPS) is 17.0. The van der Waals surface area contributed by atoms with Gasteiger partial charge < -0.3 is 36.3 Å². The number of anilines is 3. The number of unbranched alkanes of at least 4 members (excludes halogenated alkanes) is 2. The molecule has 1 aliphatic heterocycles. The minimum absolute atomic E-state index is 0.0173. The summed E-state index contributed by atoms with van der Waals surface area (Å²) in [6.45, 7) is 1.88. The lowest BCUT2D eigenvalue weighted by Gasteiger charge is -2.36. The lowest BCUT2D eigenvalue weighted by atomic mass is 10.0. The molecule has 0 aliphatic carbocycles. The summed E-state index contributed by atoms with van der Waals surface area (Å²) in [4.78, 5) is 37.1. The Hall–Kier alpha value is -4.68. The van der Waals surface area contributed by atoms with E-state index in [0.29, 0.717) is 55.8 Å². The van der Waals surface area contributed by atoms with Gasteiger partial charge in [0.05, 0.1) is 30.2 Å². The fourth-order valence-electron chi connectivity index (χ4n) is 5.70. The summed E-state index contributed by atoms with van der Waals surface area (Å²) in [5, 5.41) is 18.1. The maximum atomic E-state index is 12.5. The number of hydrogen-bond donors (Lipinski definition) is 5. The van der Waals surface area contributed by atoms with Gasteiger partial charge in [0.15, 0.2) is 6.29 Å². The predicted octanol–water partition coefficient (Wildman–Crippen LogP) is 7.26. The van der Waals surface area contributed by atoms with Crippen molar-refractivity contribution in [2.45, 2.75) is 82.0 Å². The van der Waals surface area contributed by atoms with Crippen molar-refractivity contribution in [3.8, 4) is 0 Å². The van der Waals surface area contributed by atoms with Crippen LogP contribution in [0.1, 0.15) is 80.1 Å². The van der Waals surface area contributed by atoms with Crippen LogP contribution in [0.4, 0.5) is 17.1 Å². The summed E-state index contributed by atoms with van der Waals surface area (Å²) in [6, 6.07) is 30.6. The Bertz CT molecular complexity index is 1730. The molecule has 0 spiro atoms. The molecule has 0 radical (unpaired) electrons. The van der Waals surface area contributed by atoms with Crippen molar-refractivity contribution in [2.24, 2.45) is 0 Å². The molecule has 10 nitrogen and oxygen atoms in total. The van der Waals surface area contributed by atoms with Gasteiger partial charge in [0, 0.05) is 54.6 Å². The maximum absolute atomic E-state index is 12.5. The second-order valence-electron chi connectivity index (χ2n) is 12.6. The second kappa shape index (κ2) is 19.1. The lowest BCUT2D eigenvalue weighted by Crippen LogP contribution is -2.31. The second-order valence-corrected chi connectivity index (χ2v) is 13.7. The Kier molecular flexibility index (Phi) is 14.1. The number of rotatable bonds is 16. The van der Waals surface area contributed by atoms with E-state index in [0.717, 1.165) is 39.3 Å². The molecule has 51 heavy (non-hydrogen) atoms. The standard InChI is InChI=1S/C40H46N4O6S/c1-27(46)43-32-19-21-34(22-20-32)51-26-33-23-37(30-15-13-29(25-45)14-16-30)50-40(49-33)31-17-11-28(12-18-31)24-42-38(47)9-3-2-4-10-39(48)44-36-8-6-5-7-35(36)41/h5-8,11-22,33,37,40,45H,2-4,9-10,23-26,41H2,1H3,(H,42,47)(H,43,46)(H,44,48)/t33-,37+,40+/m1/s1. The van der Waals surface area contributed by atoms with E-state index in [1.807, 2.05) is 84.9 Å². The number of nitrogens with two attached hydrogens (primary N) is 1. The highest BCUT2D eigenvalue weighted by Crippen LogP contribution is 2.39. The van der Waals surface area contributed by atoms with Gasteiger partial charge >= 0.3 is 0 Å². The van der Waals surface area contributed by atoms with Gasteiger partial charge in [0.1, 0.15) is 0 Å². The number of carbonyl (C=O) groups excluding carboxylic acids is 3. The third-order valence-corrected chi connectivity index (χ3v) is 9.65. The number of carbonyl (C=O) groups is 3. The van der Waals surface area contributed by atoms with Crippen LogP contribution in [0.5, 0.6) is 0 Å². The lowest BCUT2D eigenvalue weighted by molar-refractivity contribution is -0.245. The Morgan fingerprint density at radius 3 is 2.14 bits per heavy atom. The van der Waals surface area contributed by atoms with Crippen LogP contribution in [0.2, 0.25) is 0 Å². The first-order valence-electron chi connectivity index (χ1n) is 17.3. The Morgan fingerprint density at radius 1 is 0.784 bits per heavy atom. The minimum Gasteiger partial charge on any atom is -0.397 e. The number of hydrogen-bond acceptors (Lipinski definition) is 8. The fraction of sp³-hybridized carbons (Fsp3) is 0.325. The zero-order valence-electron chi connectivity index (χ0n) is 28.8. The molecular formula is C40H46N4O6S. The molecule has 0 bridgehead atoms. The quantitative estimate of drug-likeness (QED) is 0.0463. The van der Waals surface area contributed by atoms with Crippen molar-refractivity contribution >= 4 is 46.5 Å². The number of thioether (sulfide) groups is 1. The van der Waals surface area contributed by atoms with Crippen molar-refractivity contribution in [3.63, 3.8) is 0 Å². The van der Waals surface area contributed by atoms with Crippen LogP contribution in [0.15, 0.2) is 102 Å². The van der Waals surface area contributed by atoms with Gasteiger partial charge in [-0.15, -0.1) is 11.8 Å². The van der Waals surface area contributed by atoms with Crippen LogP contribution in [0.3, 0.4) is 0 Å². The third kappa shape index (κ3) is 12.0. The van der Waals surface area contributed by atoms with Gasteiger partial charge in [-0.1, -0.05) is 67.1 Å². The maximum Gasteiger partial charge on any atom is 0.224 e. The molecule has 1 aliphatic rings. The van der Waals surface area contributed by atoms with Crippen LogP contribution in [0.25, 0.3) is 0 Å². The van der Waals surface area contributed by atoms with Crippen molar-refractivity contribution in [1.29, 1.82) is 0 Å². The molecule has 0 unspecified atom stereocenters. The van der Waals surface area contributed by atoms with Gasteiger partial charge in [-0.3, -0.25) is 14.4 Å². The molecule has 6 N–H and O–H groups in total. The number of nitrogen functional groups attached to an aromatic ring is 1. The van der Waals surface area contributed by atoms with Crippen LogP contribution >= 0.6 is 11.8 Å². The molecule has 268 valence electrons. The summed E-state index contributed by atoms with van der Waals surface area (Å²) in [5.41, 5.74) is 11.5. The summed E-state index contributed by atoms with van der Waals surface area (Å²) in [7, 11) is 0. The van der Waals surface area contributed by atoms with Gasteiger partial charge in [-0.05, 0) is 65.9 Å². The van der Waals surface area contributed by atoms with E-state index in [1.54, 1.807) is 23.9 Å². The summed E-state index contributed by atoms with van der Waals surface area (Å²) in [6.07, 6.45) is 2.75. The summed E-state index contributed by atoms with van der Waals surface area (Å²) >= 11 is 1.69. The number of aliphatic hydroxyl groups is 1. The molecule has 1 saturated heterocycles. The van der Waals surface area contributed by atoms with E-state index in [-0.39, 0.29) is 36.5 Å². The van der Waals surface area contributed by atoms with Gasteiger partial charge in [0.25, 0.3) is 0 Å². The fourth-order valence-corrected chi connectivity index (χ4v) is 6.62. The smallest absolute Gasteiger partial charge is 0.224 e. The van der Waals surface area contributed by atoms with E-state index in [4.69, 9.17) is 15.2 Å². The average Bonchev–Trinajstić information content (AvgIpc) is 3.14. The first-order chi connectivity index (χ1) is 24.7. The van der Waals surface area contributed by atoms with Crippen LogP contribution in [-0.4, -0.2) is 34.7 Å². The molecule has 5 rings (SSSR count). The van der Waals surface area contributed by atoms with E-state index < -0.39 is 6.29 Å². The molecule has 1 fully saturated rings. The van der Waals surface area contributed by atoms with Crippen molar-refractivity contribution in [3.05, 3.63) is 119 Å². The Morgan fingerprint density at radius 2 is 1.45 bits per heavy atom. The number of benzene rings is 4. The number of nitrogens with one attached hydrogen (secondary N) is 3. The molecule has 1 heterocycles. The molecule has 0 aromatic heterocycles. The molecular weight excluding hydrogens is 665 g/mol. The number of amides is 3. The Balaban J connectivity index is 1.09. The number of ether oxygens (including phenoxy) is 2. The monoisotopic (exact) mass is 710 g/mol. The summed E-state index contributed by atoms with van der Waals surface area (Å²) < 4.78 is 13.0. The zero-order valence-corrected chi connectivity index (χ0v) is 29.6. The molecule has 11 heteroatoms. The minimum atomic E-state index is -0.579. The molecule has 4 aromatic carbocycles. The SMILES string of the molecule is CC(=O)Nc1ccc(SC[C@H]2C[C@@H](c3ccc(CO)cc3)O[C@@H](c3ccc(CNC(=O)CCCCCC(=O)Nc4ccccc4N)cc3)O2)cc1. The summed E-state index contributed by atoms with van der Waals surface area (Å²) in [5.74, 6) is 0.494. The average molecular weight is 711 g/mol. The van der Waals surface area contributed by atoms with E-state index in [2.05, 4.69) is 16.0 Å². The third-order valence-electron chi connectivity index (χ3n) is 8.51. The number of para-hydroxylation sites is 2. The molecule has 0 saturated carbocycles.